The predicted molar refractivity (Wildman–Crippen MR) is 103 cm³/mol. The molecular formula is C17H30N4O3S. The molecule has 0 aliphatic heterocycles. The van der Waals surface area contributed by atoms with Gasteiger partial charge in [0.25, 0.3) is 0 Å². The van der Waals surface area contributed by atoms with E-state index in [-0.39, 0.29) is 6.10 Å². The van der Waals surface area contributed by atoms with Gasteiger partial charge in [-0.25, -0.2) is 13.1 Å². The predicted octanol–water partition coefficient (Wildman–Crippen LogP) is 1.39. The van der Waals surface area contributed by atoms with E-state index in [2.05, 4.69) is 26.4 Å². The van der Waals surface area contributed by atoms with Crippen molar-refractivity contribution >= 4 is 16.0 Å². The lowest BCUT2D eigenvalue weighted by molar-refractivity contribution is 0.239. The Morgan fingerprint density at radius 1 is 1.24 bits per heavy atom. The van der Waals surface area contributed by atoms with Crippen LogP contribution in [0.15, 0.2) is 23.2 Å². The van der Waals surface area contributed by atoms with Crippen LogP contribution in [0.5, 0.6) is 5.75 Å². The summed E-state index contributed by atoms with van der Waals surface area (Å²) in [6, 6.07) is 6.13. The molecule has 25 heavy (non-hydrogen) atoms. The summed E-state index contributed by atoms with van der Waals surface area (Å²) in [5.74, 6) is 1.53. The molecule has 0 spiro atoms. The smallest absolute Gasteiger partial charge is 0.208 e. The molecule has 0 atom stereocenters. The number of aliphatic imine (C=N–C) groups is 1. The summed E-state index contributed by atoms with van der Waals surface area (Å²) < 4.78 is 30.3. The van der Waals surface area contributed by atoms with E-state index in [9.17, 15) is 8.42 Å². The summed E-state index contributed by atoms with van der Waals surface area (Å²) in [7, 11) is -1.43. The summed E-state index contributed by atoms with van der Waals surface area (Å²) in [5.41, 5.74) is 2.21. The molecule has 0 unspecified atom stereocenters. The highest BCUT2D eigenvalue weighted by molar-refractivity contribution is 7.88. The molecule has 0 bridgehead atoms. The van der Waals surface area contributed by atoms with Crippen molar-refractivity contribution in [3.63, 3.8) is 0 Å². The van der Waals surface area contributed by atoms with Crippen LogP contribution in [-0.4, -0.2) is 46.9 Å². The molecule has 1 aromatic rings. The van der Waals surface area contributed by atoms with Gasteiger partial charge in [0.2, 0.25) is 10.0 Å². The van der Waals surface area contributed by atoms with Gasteiger partial charge in [-0.05, 0) is 38.8 Å². The number of sulfonamides is 1. The summed E-state index contributed by atoms with van der Waals surface area (Å²) >= 11 is 0. The molecule has 7 nitrogen and oxygen atoms in total. The normalized spacial score (nSPS) is 12.3. The van der Waals surface area contributed by atoms with Crippen LogP contribution in [0.2, 0.25) is 0 Å². The Bertz CT molecular complexity index is 672. The number of guanidine groups is 1. The van der Waals surface area contributed by atoms with Crippen molar-refractivity contribution < 1.29 is 13.2 Å². The van der Waals surface area contributed by atoms with Crippen LogP contribution in [0, 0.1) is 6.92 Å². The minimum atomic E-state index is -3.13. The number of benzene rings is 1. The van der Waals surface area contributed by atoms with Crippen molar-refractivity contribution in [3.05, 3.63) is 29.3 Å². The molecule has 0 aliphatic rings. The topological polar surface area (TPSA) is 91.8 Å². The summed E-state index contributed by atoms with van der Waals surface area (Å²) in [6.45, 7) is 7.65. The Hall–Kier alpha value is -1.80. The molecule has 0 fully saturated rings. The SMILES string of the molecule is CN=C(NCCCNS(C)(=O)=O)NCc1ccc(C)cc1OC(C)C. The standard InChI is InChI=1S/C17H30N4O3S/c1-13(2)24-16-11-14(3)7-8-15(16)12-20-17(18-4)19-9-6-10-21-25(5,22)23/h7-8,11,13,21H,6,9-10,12H2,1-5H3,(H2,18,19,20). The van der Waals surface area contributed by atoms with Gasteiger partial charge in [0.05, 0.1) is 12.4 Å². The molecule has 8 heteroatoms. The second-order valence-electron chi connectivity index (χ2n) is 6.15. The number of ether oxygens (including phenoxy) is 1. The van der Waals surface area contributed by atoms with Gasteiger partial charge < -0.3 is 15.4 Å². The number of nitrogens with one attached hydrogen (secondary N) is 3. The molecule has 1 rings (SSSR count). The maximum Gasteiger partial charge on any atom is 0.208 e. The number of aryl methyl sites for hydroxylation is 1. The Labute approximate surface area is 151 Å². The summed E-state index contributed by atoms with van der Waals surface area (Å²) in [5, 5.41) is 6.41. The van der Waals surface area contributed by atoms with Gasteiger partial charge in [-0.15, -0.1) is 0 Å². The van der Waals surface area contributed by atoms with Crippen LogP contribution in [0.4, 0.5) is 0 Å². The number of nitrogens with zero attached hydrogens (tertiary/aromatic N) is 1. The van der Waals surface area contributed by atoms with Crippen molar-refractivity contribution in [1.29, 1.82) is 0 Å². The quantitative estimate of drug-likeness (QED) is 0.347. The highest BCUT2D eigenvalue weighted by Crippen LogP contribution is 2.21. The first-order chi connectivity index (χ1) is 11.7. The molecule has 0 heterocycles. The first-order valence-electron chi connectivity index (χ1n) is 8.36. The van der Waals surface area contributed by atoms with E-state index in [1.54, 1.807) is 7.05 Å². The summed E-state index contributed by atoms with van der Waals surface area (Å²) in [4.78, 5) is 4.17. The van der Waals surface area contributed by atoms with Crippen molar-refractivity contribution in [2.75, 3.05) is 26.4 Å². The Morgan fingerprint density at radius 3 is 2.56 bits per heavy atom. The molecule has 142 valence electrons. The minimum Gasteiger partial charge on any atom is -0.491 e. The Balaban J connectivity index is 2.49. The van der Waals surface area contributed by atoms with Gasteiger partial charge in [-0.1, -0.05) is 12.1 Å². The Morgan fingerprint density at radius 2 is 1.96 bits per heavy atom. The fourth-order valence-corrected chi connectivity index (χ4v) is 2.64. The molecule has 0 aliphatic carbocycles. The first-order valence-corrected chi connectivity index (χ1v) is 10.3. The van der Waals surface area contributed by atoms with Gasteiger partial charge >= 0.3 is 0 Å². The van der Waals surface area contributed by atoms with E-state index in [1.807, 2.05) is 32.9 Å². The molecule has 0 amide bonds. The first kappa shape index (κ1) is 21.2. The van der Waals surface area contributed by atoms with Crippen molar-refractivity contribution in [3.8, 4) is 5.75 Å². The van der Waals surface area contributed by atoms with E-state index < -0.39 is 10.0 Å². The minimum absolute atomic E-state index is 0.111. The fraction of sp³-hybridized carbons (Fsp3) is 0.588. The van der Waals surface area contributed by atoms with Gasteiger partial charge in [0.15, 0.2) is 5.96 Å². The van der Waals surface area contributed by atoms with E-state index in [4.69, 9.17) is 4.74 Å². The van der Waals surface area contributed by atoms with E-state index in [1.165, 1.54) is 0 Å². The molecule has 0 aromatic heterocycles. The molecule has 0 saturated carbocycles. The Kier molecular flexibility index (Phi) is 8.71. The lowest BCUT2D eigenvalue weighted by Gasteiger charge is -2.17. The number of hydrogen-bond donors (Lipinski definition) is 3. The zero-order valence-corrected chi connectivity index (χ0v) is 16.5. The molecule has 0 radical (unpaired) electrons. The van der Waals surface area contributed by atoms with Crippen LogP contribution in [-0.2, 0) is 16.6 Å². The van der Waals surface area contributed by atoms with Crippen molar-refractivity contribution in [2.45, 2.75) is 39.8 Å². The number of rotatable bonds is 9. The van der Waals surface area contributed by atoms with E-state index in [0.29, 0.717) is 32.0 Å². The van der Waals surface area contributed by atoms with E-state index in [0.717, 1.165) is 23.1 Å². The molecule has 1 aromatic carbocycles. The zero-order valence-electron chi connectivity index (χ0n) is 15.7. The molecular weight excluding hydrogens is 340 g/mol. The molecule has 3 N–H and O–H groups in total. The highest BCUT2D eigenvalue weighted by atomic mass is 32.2. The van der Waals surface area contributed by atoms with Crippen LogP contribution in [0.1, 0.15) is 31.4 Å². The van der Waals surface area contributed by atoms with Crippen molar-refractivity contribution in [2.24, 2.45) is 4.99 Å². The van der Waals surface area contributed by atoms with Gasteiger partial charge in [0.1, 0.15) is 5.75 Å². The van der Waals surface area contributed by atoms with Crippen LogP contribution < -0.4 is 20.1 Å². The third-order valence-electron chi connectivity index (χ3n) is 3.27. The number of hydrogen-bond acceptors (Lipinski definition) is 4. The van der Waals surface area contributed by atoms with Crippen LogP contribution in [0.25, 0.3) is 0 Å². The fourth-order valence-electron chi connectivity index (χ4n) is 2.12. The van der Waals surface area contributed by atoms with Gasteiger partial charge in [-0.3, -0.25) is 4.99 Å². The monoisotopic (exact) mass is 370 g/mol. The highest BCUT2D eigenvalue weighted by Gasteiger charge is 2.07. The maximum absolute atomic E-state index is 11.0. The largest absolute Gasteiger partial charge is 0.491 e. The van der Waals surface area contributed by atoms with Gasteiger partial charge in [0, 0.05) is 32.2 Å². The third-order valence-corrected chi connectivity index (χ3v) is 3.99. The third kappa shape index (κ3) is 9.31. The lowest BCUT2D eigenvalue weighted by Crippen LogP contribution is -2.38. The average molecular weight is 371 g/mol. The second kappa shape index (κ2) is 10.2. The lowest BCUT2D eigenvalue weighted by atomic mass is 10.1. The maximum atomic E-state index is 11.0. The zero-order chi connectivity index (χ0) is 18.9. The average Bonchev–Trinajstić information content (AvgIpc) is 2.50. The van der Waals surface area contributed by atoms with E-state index >= 15 is 0 Å². The van der Waals surface area contributed by atoms with Crippen LogP contribution >= 0.6 is 0 Å². The van der Waals surface area contributed by atoms with Crippen molar-refractivity contribution in [1.82, 2.24) is 15.4 Å². The van der Waals surface area contributed by atoms with Crippen LogP contribution in [0.3, 0.4) is 0 Å². The second-order valence-corrected chi connectivity index (χ2v) is 7.98. The molecule has 0 saturated heterocycles. The summed E-state index contributed by atoms with van der Waals surface area (Å²) in [6.07, 6.45) is 1.93. The van der Waals surface area contributed by atoms with Gasteiger partial charge in [-0.2, -0.15) is 0 Å².